The molecule has 0 atom stereocenters. The summed E-state index contributed by atoms with van der Waals surface area (Å²) in [7, 11) is 0.169. The fraction of sp³-hybridized carbons (Fsp3) is 0. The van der Waals surface area contributed by atoms with Crippen LogP contribution in [0.4, 0.5) is 8.78 Å². The minimum atomic E-state index is -4.58. The van der Waals surface area contributed by atoms with Gasteiger partial charge in [-0.3, -0.25) is 0 Å². The molecular weight excluding hydrogens is 261 g/mol. The van der Waals surface area contributed by atoms with Gasteiger partial charge in [0.15, 0.2) is 10.7 Å². The first-order valence-corrected chi connectivity index (χ1v) is 5.75. The van der Waals surface area contributed by atoms with Crippen molar-refractivity contribution in [3.63, 3.8) is 0 Å². The van der Waals surface area contributed by atoms with Gasteiger partial charge in [0.05, 0.1) is 0 Å². The van der Waals surface area contributed by atoms with Gasteiger partial charge < -0.3 is 5.11 Å². The van der Waals surface area contributed by atoms with Crippen molar-refractivity contribution in [3.8, 4) is 5.75 Å². The Kier molecular flexibility index (Phi) is 2.89. The molecule has 0 radical (unpaired) electrons. The summed E-state index contributed by atoms with van der Waals surface area (Å²) >= 11 is 5.15. The van der Waals surface area contributed by atoms with Gasteiger partial charge in [-0.2, -0.15) is 0 Å². The molecule has 0 aromatic heterocycles. The molecule has 0 bridgehead atoms. The van der Waals surface area contributed by atoms with Crippen molar-refractivity contribution in [1.29, 1.82) is 0 Å². The van der Waals surface area contributed by atoms with Gasteiger partial charge in [-0.15, -0.1) is 0 Å². The fourth-order valence-electron chi connectivity index (χ4n) is 0.789. The summed E-state index contributed by atoms with van der Waals surface area (Å²) in [6.07, 6.45) is 0. The highest BCUT2D eigenvalue weighted by molar-refractivity contribution is 8.13. The molecule has 0 saturated heterocycles. The largest absolute Gasteiger partial charge is 0.506 e. The van der Waals surface area contributed by atoms with Gasteiger partial charge in [-0.1, -0.05) is 11.6 Å². The molecule has 0 unspecified atom stereocenters. The summed E-state index contributed by atoms with van der Waals surface area (Å²) in [5.41, 5.74) is 0. The Balaban J connectivity index is 3.70. The Morgan fingerprint density at radius 3 is 2.29 bits per heavy atom. The van der Waals surface area contributed by atoms with Crippen molar-refractivity contribution in [2.24, 2.45) is 0 Å². The summed E-state index contributed by atoms with van der Waals surface area (Å²) in [4.78, 5) is -1.37. The van der Waals surface area contributed by atoms with E-state index in [0.29, 0.717) is 6.07 Å². The highest BCUT2D eigenvalue weighted by Crippen LogP contribution is 2.34. The second-order valence-electron chi connectivity index (χ2n) is 2.27. The molecule has 0 heterocycles. The highest BCUT2D eigenvalue weighted by Gasteiger charge is 2.26. The lowest BCUT2D eigenvalue weighted by Gasteiger charge is -2.04. The van der Waals surface area contributed by atoms with Gasteiger partial charge in [-0.25, -0.2) is 17.2 Å². The zero-order chi connectivity index (χ0) is 11.1. The number of benzene rings is 1. The van der Waals surface area contributed by atoms with Crippen molar-refractivity contribution in [3.05, 3.63) is 22.7 Å². The number of halogens is 4. The van der Waals surface area contributed by atoms with Crippen LogP contribution < -0.4 is 0 Å². The Bertz CT molecular complexity index is 486. The number of phenolic OH excluding ortho intramolecular Hbond substituents is 1. The quantitative estimate of drug-likeness (QED) is 0.624. The van der Waals surface area contributed by atoms with Crippen molar-refractivity contribution >= 4 is 31.3 Å². The predicted octanol–water partition coefficient (Wildman–Crippen LogP) is 2.25. The molecule has 14 heavy (non-hydrogen) atoms. The first kappa shape index (κ1) is 11.5. The predicted molar refractivity (Wildman–Crippen MR) is 46.1 cm³/mol. The van der Waals surface area contributed by atoms with E-state index in [1.165, 1.54) is 0 Å². The van der Waals surface area contributed by atoms with Gasteiger partial charge in [0.25, 0.3) is 9.05 Å². The molecule has 0 fully saturated rings. The molecule has 1 aromatic carbocycles. The van der Waals surface area contributed by atoms with E-state index in [2.05, 4.69) is 0 Å². The van der Waals surface area contributed by atoms with Crippen LogP contribution in [-0.4, -0.2) is 13.5 Å². The monoisotopic (exact) mass is 262 g/mol. The summed E-state index contributed by atoms with van der Waals surface area (Å²) in [6.45, 7) is 0. The van der Waals surface area contributed by atoms with Gasteiger partial charge in [-0.05, 0) is 0 Å². The molecule has 1 rings (SSSR count). The smallest absolute Gasteiger partial charge is 0.267 e. The average molecular weight is 263 g/mol. The van der Waals surface area contributed by atoms with Gasteiger partial charge in [0, 0.05) is 16.7 Å². The van der Waals surface area contributed by atoms with Crippen molar-refractivity contribution in [1.82, 2.24) is 0 Å². The second kappa shape index (κ2) is 3.52. The molecule has 1 N–H and O–H groups in total. The van der Waals surface area contributed by atoms with Crippen LogP contribution in [0, 0.1) is 11.6 Å². The van der Waals surface area contributed by atoms with Crippen LogP contribution in [0.15, 0.2) is 11.0 Å². The van der Waals surface area contributed by atoms with Gasteiger partial charge in [0.1, 0.15) is 16.6 Å². The van der Waals surface area contributed by atoms with Gasteiger partial charge >= 0.3 is 0 Å². The van der Waals surface area contributed by atoms with E-state index in [9.17, 15) is 17.2 Å². The Labute approximate surface area is 87.3 Å². The lowest BCUT2D eigenvalue weighted by Crippen LogP contribution is -2.00. The molecule has 78 valence electrons. The number of aromatic hydroxyl groups is 1. The summed E-state index contributed by atoms with van der Waals surface area (Å²) in [5, 5.41) is 7.92. The fourth-order valence-corrected chi connectivity index (χ4v) is 2.03. The van der Waals surface area contributed by atoms with Crippen LogP contribution in [0.5, 0.6) is 5.75 Å². The summed E-state index contributed by atoms with van der Waals surface area (Å²) < 4.78 is 47.3. The molecule has 3 nitrogen and oxygen atoms in total. The van der Waals surface area contributed by atoms with E-state index in [-0.39, 0.29) is 0 Å². The molecule has 0 saturated carbocycles. The van der Waals surface area contributed by atoms with Gasteiger partial charge in [0.2, 0.25) is 0 Å². The average Bonchev–Trinajstić information content (AvgIpc) is 1.97. The third-order valence-corrected chi connectivity index (χ3v) is 3.03. The number of hydrogen-bond acceptors (Lipinski definition) is 3. The molecule has 0 aliphatic heterocycles. The third kappa shape index (κ3) is 1.92. The van der Waals surface area contributed by atoms with Crippen molar-refractivity contribution < 1.29 is 22.3 Å². The standard InChI is InChI=1S/C6H2Cl2F2O3S/c7-4-3(11)1-2(9)6(5(4)10)14(8,12)13/h1,11H. The zero-order valence-electron chi connectivity index (χ0n) is 6.26. The minimum Gasteiger partial charge on any atom is -0.506 e. The Morgan fingerprint density at radius 1 is 1.36 bits per heavy atom. The van der Waals surface area contributed by atoms with Crippen LogP contribution in [0.3, 0.4) is 0 Å². The Hall–Kier alpha value is -0.590. The van der Waals surface area contributed by atoms with E-state index in [1.807, 2.05) is 0 Å². The second-order valence-corrected chi connectivity index (χ2v) is 5.15. The van der Waals surface area contributed by atoms with Crippen molar-refractivity contribution in [2.45, 2.75) is 4.90 Å². The maximum atomic E-state index is 13.0. The van der Waals surface area contributed by atoms with Crippen LogP contribution in [0.25, 0.3) is 0 Å². The Morgan fingerprint density at radius 2 is 1.86 bits per heavy atom. The molecule has 0 aliphatic rings. The minimum absolute atomic E-state index is 0.362. The van der Waals surface area contributed by atoms with Crippen LogP contribution >= 0.6 is 22.3 Å². The SMILES string of the molecule is O=S(=O)(Cl)c1c(F)cc(O)c(Cl)c1F. The summed E-state index contributed by atoms with van der Waals surface area (Å²) in [5.74, 6) is -4.01. The molecule has 8 heteroatoms. The molecular formula is C6H2Cl2F2O3S. The molecule has 0 spiro atoms. The normalized spacial score (nSPS) is 11.7. The first-order valence-electron chi connectivity index (χ1n) is 3.06. The zero-order valence-corrected chi connectivity index (χ0v) is 8.59. The van der Waals surface area contributed by atoms with Crippen LogP contribution in [-0.2, 0) is 9.05 Å². The van der Waals surface area contributed by atoms with Crippen molar-refractivity contribution in [2.75, 3.05) is 0 Å². The maximum absolute atomic E-state index is 13.0. The molecule has 1 aromatic rings. The van der Waals surface area contributed by atoms with Crippen LogP contribution in [0.2, 0.25) is 5.02 Å². The van der Waals surface area contributed by atoms with E-state index in [0.717, 1.165) is 0 Å². The first-order chi connectivity index (χ1) is 6.25. The van der Waals surface area contributed by atoms with E-state index in [1.54, 1.807) is 0 Å². The van der Waals surface area contributed by atoms with E-state index in [4.69, 9.17) is 27.4 Å². The van der Waals surface area contributed by atoms with E-state index < -0.39 is 36.4 Å². The molecule has 0 aliphatic carbocycles. The summed E-state index contributed by atoms with van der Waals surface area (Å²) in [6, 6.07) is 0.362. The lowest BCUT2D eigenvalue weighted by molar-refractivity contribution is 0.451. The van der Waals surface area contributed by atoms with E-state index >= 15 is 0 Å². The lowest BCUT2D eigenvalue weighted by atomic mass is 10.3. The number of phenols is 1. The molecule has 0 amide bonds. The topological polar surface area (TPSA) is 54.4 Å². The number of hydrogen-bond donors (Lipinski definition) is 1. The number of rotatable bonds is 1. The third-order valence-electron chi connectivity index (χ3n) is 1.34. The van der Waals surface area contributed by atoms with Crippen LogP contribution in [0.1, 0.15) is 0 Å². The highest BCUT2D eigenvalue weighted by atomic mass is 35.7. The maximum Gasteiger partial charge on any atom is 0.267 e.